The third kappa shape index (κ3) is 3.36. The average Bonchev–Trinajstić information content (AvgIpc) is 3.07. The van der Waals surface area contributed by atoms with Gasteiger partial charge >= 0.3 is 0 Å². The Kier molecular flexibility index (Phi) is 5.12. The lowest BCUT2D eigenvalue weighted by Crippen LogP contribution is -2.19. The standard InChI is InChI=1S/C42H28/c1-2-14-28-27(13-1)25-39(32-18-5-3-15-29(28)32)33-19-6-7-20-34(33)40-26-41-35-21-8-4-16-30(35)31-17-9-11-23-37(31)42(41)38-24-12-10-22-36(38)40/h1-26,36,38H. The van der Waals surface area contributed by atoms with Crippen LogP contribution in [0.4, 0.5) is 0 Å². The summed E-state index contributed by atoms with van der Waals surface area (Å²) in [5.41, 5.74) is 8.10. The van der Waals surface area contributed by atoms with Gasteiger partial charge in [0, 0.05) is 11.8 Å². The largest absolute Gasteiger partial charge is 0.0761 e. The van der Waals surface area contributed by atoms with Crippen LogP contribution in [-0.4, -0.2) is 0 Å². The summed E-state index contributed by atoms with van der Waals surface area (Å²) in [6.07, 6.45) is 11.8. The van der Waals surface area contributed by atoms with Crippen molar-refractivity contribution < 1.29 is 0 Å². The Bertz CT molecular complexity index is 2310. The van der Waals surface area contributed by atoms with Gasteiger partial charge in [-0.2, -0.15) is 0 Å². The molecule has 0 saturated heterocycles. The molecule has 0 spiro atoms. The maximum atomic E-state index is 2.51. The summed E-state index contributed by atoms with van der Waals surface area (Å²) < 4.78 is 0. The molecule has 0 amide bonds. The van der Waals surface area contributed by atoms with Gasteiger partial charge in [0.1, 0.15) is 0 Å². The van der Waals surface area contributed by atoms with Crippen LogP contribution >= 0.6 is 0 Å². The van der Waals surface area contributed by atoms with Crippen molar-refractivity contribution in [2.75, 3.05) is 0 Å². The van der Waals surface area contributed by atoms with Crippen molar-refractivity contribution in [3.05, 3.63) is 168 Å². The zero-order valence-electron chi connectivity index (χ0n) is 23.2. The molecule has 0 N–H and O–H groups in total. The topological polar surface area (TPSA) is 0 Å². The first-order chi connectivity index (χ1) is 20.9. The molecule has 0 aliphatic heterocycles. The monoisotopic (exact) mass is 532 g/mol. The van der Waals surface area contributed by atoms with Crippen molar-refractivity contribution in [2.24, 2.45) is 5.92 Å². The molecule has 2 aliphatic carbocycles. The van der Waals surface area contributed by atoms with Gasteiger partial charge in [0.2, 0.25) is 0 Å². The summed E-state index contributed by atoms with van der Waals surface area (Å²) in [6.45, 7) is 0. The van der Waals surface area contributed by atoms with E-state index in [2.05, 4.69) is 158 Å². The highest BCUT2D eigenvalue weighted by Gasteiger charge is 2.33. The molecule has 7 aromatic carbocycles. The van der Waals surface area contributed by atoms with E-state index < -0.39 is 0 Å². The summed E-state index contributed by atoms with van der Waals surface area (Å²) in [4.78, 5) is 0. The van der Waals surface area contributed by atoms with Gasteiger partial charge in [-0.25, -0.2) is 0 Å². The van der Waals surface area contributed by atoms with Gasteiger partial charge in [-0.1, -0.05) is 146 Å². The molecule has 196 valence electrons. The van der Waals surface area contributed by atoms with Crippen LogP contribution in [0.25, 0.3) is 65.9 Å². The summed E-state index contributed by atoms with van der Waals surface area (Å²) in [5.74, 6) is 0.542. The van der Waals surface area contributed by atoms with Crippen molar-refractivity contribution in [1.82, 2.24) is 0 Å². The first-order valence-corrected chi connectivity index (χ1v) is 14.9. The predicted octanol–water partition coefficient (Wildman–Crippen LogP) is 11.3. The fourth-order valence-electron chi connectivity index (χ4n) is 7.65. The van der Waals surface area contributed by atoms with Gasteiger partial charge in [-0.3, -0.25) is 0 Å². The first kappa shape index (κ1) is 23.5. The number of allylic oxidation sites excluding steroid dienone is 5. The van der Waals surface area contributed by atoms with E-state index >= 15 is 0 Å². The lowest BCUT2D eigenvalue weighted by Gasteiger charge is -2.35. The molecule has 2 atom stereocenters. The van der Waals surface area contributed by atoms with Gasteiger partial charge < -0.3 is 0 Å². The zero-order chi connectivity index (χ0) is 27.6. The molecule has 0 saturated carbocycles. The molecule has 0 radical (unpaired) electrons. The highest BCUT2D eigenvalue weighted by atomic mass is 14.4. The van der Waals surface area contributed by atoms with Gasteiger partial charge in [-0.05, 0) is 88.6 Å². The Morgan fingerprint density at radius 1 is 0.381 bits per heavy atom. The minimum absolute atomic E-state index is 0.264. The van der Waals surface area contributed by atoms with E-state index in [-0.39, 0.29) is 11.8 Å². The number of fused-ring (bicyclic) bond motifs is 11. The molecule has 2 aliphatic rings. The summed E-state index contributed by atoms with van der Waals surface area (Å²) >= 11 is 0. The van der Waals surface area contributed by atoms with Crippen LogP contribution < -0.4 is 0 Å². The quantitative estimate of drug-likeness (QED) is 0.194. The van der Waals surface area contributed by atoms with Crippen molar-refractivity contribution >= 4 is 54.7 Å². The molecule has 7 aromatic rings. The zero-order valence-corrected chi connectivity index (χ0v) is 23.2. The van der Waals surface area contributed by atoms with Crippen LogP contribution in [0.15, 0.2) is 152 Å². The normalized spacial score (nSPS) is 17.5. The third-order valence-electron chi connectivity index (χ3n) is 9.44. The first-order valence-electron chi connectivity index (χ1n) is 14.9. The SMILES string of the molecule is C1=CC2C(c3ccccc3-c3cc4ccccc4c4ccccc34)=Cc3c(c4ccccc4c4ccccc34)C2C=C1. The Morgan fingerprint density at radius 2 is 0.905 bits per heavy atom. The Morgan fingerprint density at radius 3 is 1.67 bits per heavy atom. The lowest BCUT2D eigenvalue weighted by molar-refractivity contribution is 0.715. The molecule has 2 unspecified atom stereocenters. The molecule has 0 heterocycles. The van der Waals surface area contributed by atoms with E-state index in [4.69, 9.17) is 0 Å². The fourth-order valence-corrected chi connectivity index (χ4v) is 7.65. The van der Waals surface area contributed by atoms with Gasteiger partial charge in [0.05, 0.1) is 0 Å². The number of hydrogen-bond acceptors (Lipinski definition) is 0. The molecular weight excluding hydrogens is 504 g/mol. The number of rotatable bonds is 2. The highest BCUT2D eigenvalue weighted by Crippen LogP contribution is 2.52. The fraction of sp³-hybridized carbons (Fsp3) is 0.0476. The van der Waals surface area contributed by atoms with E-state index in [0.29, 0.717) is 0 Å². The van der Waals surface area contributed by atoms with E-state index in [9.17, 15) is 0 Å². The Hall–Kier alpha value is -5.20. The van der Waals surface area contributed by atoms with Crippen LogP contribution in [0.5, 0.6) is 0 Å². The van der Waals surface area contributed by atoms with Crippen LogP contribution in [0.1, 0.15) is 22.6 Å². The van der Waals surface area contributed by atoms with Crippen LogP contribution in [0.2, 0.25) is 0 Å². The molecular formula is C42H28. The molecule has 0 fully saturated rings. The van der Waals surface area contributed by atoms with Crippen molar-refractivity contribution in [2.45, 2.75) is 5.92 Å². The lowest BCUT2D eigenvalue weighted by atomic mass is 9.68. The maximum absolute atomic E-state index is 2.51. The average molecular weight is 533 g/mol. The van der Waals surface area contributed by atoms with E-state index in [1.807, 2.05) is 0 Å². The highest BCUT2D eigenvalue weighted by molar-refractivity contribution is 6.17. The van der Waals surface area contributed by atoms with Gasteiger partial charge in [-0.15, -0.1) is 0 Å². The van der Waals surface area contributed by atoms with E-state index in [1.54, 1.807) is 0 Å². The van der Waals surface area contributed by atoms with Gasteiger partial charge in [0.25, 0.3) is 0 Å². The van der Waals surface area contributed by atoms with E-state index in [1.165, 1.54) is 76.5 Å². The molecule has 9 rings (SSSR count). The van der Waals surface area contributed by atoms with E-state index in [0.717, 1.165) is 0 Å². The Labute approximate surface area is 245 Å². The van der Waals surface area contributed by atoms with Crippen LogP contribution in [0, 0.1) is 5.92 Å². The Balaban J connectivity index is 1.37. The summed E-state index contributed by atoms with van der Waals surface area (Å²) in [7, 11) is 0. The smallest absolute Gasteiger partial charge is 0.0137 e. The molecule has 0 bridgehead atoms. The minimum Gasteiger partial charge on any atom is -0.0761 e. The predicted molar refractivity (Wildman–Crippen MR) is 181 cm³/mol. The van der Waals surface area contributed by atoms with Crippen LogP contribution in [-0.2, 0) is 0 Å². The number of benzene rings is 7. The second-order valence-electron chi connectivity index (χ2n) is 11.6. The minimum atomic E-state index is 0.264. The van der Waals surface area contributed by atoms with Gasteiger partial charge in [0.15, 0.2) is 0 Å². The molecule has 0 heteroatoms. The maximum Gasteiger partial charge on any atom is 0.0137 e. The van der Waals surface area contributed by atoms with Crippen LogP contribution in [0.3, 0.4) is 0 Å². The summed E-state index contributed by atoms with van der Waals surface area (Å²) in [6, 6.07) is 47.0. The molecule has 0 aromatic heterocycles. The van der Waals surface area contributed by atoms with Crippen molar-refractivity contribution in [1.29, 1.82) is 0 Å². The molecule has 42 heavy (non-hydrogen) atoms. The summed E-state index contributed by atoms with van der Waals surface area (Å²) in [5, 5.41) is 10.5. The second kappa shape index (κ2) is 9.16. The number of hydrogen-bond donors (Lipinski definition) is 0. The van der Waals surface area contributed by atoms with Crippen molar-refractivity contribution in [3.8, 4) is 11.1 Å². The van der Waals surface area contributed by atoms with Crippen molar-refractivity contribution in [3.63, 3.8) is 0 Å². The molecule has 0 nitrogen and oxygen atoms in total. The second-order valence-corrected chi connectivity index (χ2v) is 11.6. The third-order valence-corrected chi connectivity index (χ3v) is 9.44.